The molecule has 0 unspecified atom stereocenters. The van der Waals surface area contributed by atoms with Crippen molar-refractivity contribution in [3.05, 3.63) is 53.6 Å². The Morgan fingerprint density at radius 1 is 1.17 bits per heavy atom. The van der Waals surface area contributed by atoms with Crippen molar-refractivity contribution in [2.24, 2.45) is 0 Å². The summed E-state index contributed by atoms with van der Waals surface area (Å²) in [5.41, 5.74) is 2.59. The topological polar surface area (TPSA) is 87.1 Å². The average molecular weight is 310 g/mol. The maximum Gasteiger partial charge on any atom is 0.319 e. The molecule has 1 fully saturated rings. The summed E-state index contributed by atoms with van der Waals surface area (Å²) in [4.78, 5) is 20.7. The van der Waals surface area contributed by atoms with Crippen LogP contribution in [0.1, 0.15) is 41.8 Å². The fraction of sp³-hybridized carbons (Fsp3) is 0.353. The minimum Gasteiger partial charge on any atom is -0.390 e. The van der Waals surface area contributed by atoms with E-state index in [0.29, 0.717) is 18.0 Å². The van der Waals surface area contributed by atoms with Crippen LogP contribution in [0.2, 0.25) is 0 Å². The third-order valence-electron chi connectivity index (χ3n) is 4.36. The van der Waals surface area contributed by atoms with Gasteiger partial charge in [-0.3, -0.25) is 0 Å². The number of aromatic nitrogens is 2. The third kappa shape index (κ3) is 2.90. The van der Waals surface area contributed by atoms with Gasteiger partial charge >= 0.3 is 6.03 Å². The Morgan fingerprint density at radius 2 is 1.91 bits per heavy atom. The highest BCUT2D eigenvalue weighted by atomic mass is 16.3. The highest BCUT2D eigenvalue weighted by Crippen LogP contribution is 2.37. The number of amides is 2. The first kappa shape index (κ1) is 14.1. The molecule has 2 aliphatic carbocycles. The highest BCUT2D eigenvalue weighted by Gasteiger charge is 2.32. The van der Waals surface area contributed by atoms with Crippen LogP contribution in [0, 0.1) is 0 Å². The number of nitrogens with zero attached hydrogens (tertiary/aromatic N) is 2. The standard InChI is InChI=1S/C17H18N4O2/c22-14-7-11-3-1-2-4-13(11)15(14)21-17(23)20-12-8-18-16(19-9-12)10-5-6-10/h1-4,8-10,14-15,22H,5-7H2,(H2,20,21,23)/t14-,15+/m0/s1. The molecule has 23 heavy (non-hydrogen) atoms. The Hall–Kier alpha value is -2.47. The number of anilines is 1. The molecule has 1 saturated carbocycles. The molecule has 0 saturated heterocycles. The predicted octanol–water partition coefficient (Wildman–Crippen LogP) is 2.13. The van der Waals surface area contributed by atoms with Crippen molar-refractivity contribution in [2.45, 2.75) is 37.3 Å². The number of nitrogens with one attached hydrogen (secondary N) is 2. The van der Waals surface area contributed by atoms with E-state index < -0.39 is 12.1 Å². The number of hydrogen-bond acceptors (Lipinski definition) is 4. The second-order valence-corrected chi connectivity index (χ2v) is 6.15. The molecule has 0 spiro atoms. The van der Waals surface area contributed by atoms with E-state index in [2.05, 4.69) is 20.6 Å². The van der Waals surface area contributed by atoms with Crippen LogP contribution < -0.4 is 10.6 Å². The molecule has 2 amide bonds. The SMILES string of the molecule is O=C(Nc1cnc(C2CC2)nc1)N[C@@H]1c2ccccc2C[C@@H]1O. The molecule has 1 heterocycles. The van der Waals surface area contributed by atoms with Crippen LogP contribution in [0.4, 0.5) is 10.5 Å². The Labute approximate surface area is 134 Å². The lowest BCUT2D eigenvalue weighted by atomic mass is 10.1. The van der Waals surface area contributed by atoms with Gasteiger partial charge in [0.2, 0.25) is 0 Å². The van der Waals surface area contributed by atoms with Crippen LogP contribution in [0.3, 0.4) is 0 Å². The van der Waals surface area contributed by atoms with Crippen molar-refractivity contribution in [3.63, 3.8) is 0 Å². The van der Waals surface area contributed by atoms with E-state index in [1.54, 1.807) is 12.4 Å². The molecule has 2 aromatic rings. The van der Waals surface area contributed by atoms with Gasteiger partial charge < -0.3 is 15.7 Å². The Balaban J connectivity index is 1.41. The lowest BCUT2D eigenvalue weighted by Gasteiger charge is -2.18. The maximum atomic E-state index is 12.2. The van der Waals surface area contributed by atoms with Gasteiger partial charge in [-0.05, 0) is 24.0 Å². The number of benzene rings is 1. The average Bonchev–Trinajstić information content (AvgIpc) is 3.34. The van der Waals surface area contributed by atoms with Crippen LogP contribution in [0.25, 0.3) is 0 Å². The molecular weight excluding hydrogens is 292 g/mol. The third-order valence-corrected chi connectivity index (χ3v) is 4.36. The molecule has 1 aromatic carbocycles. The Bertz CT molecular complexity index is 728. The lowest BCUT2D eigenvalue weighted by molar-refractivity contribution is 0.144. The predicted molar refractivity (Wildman–Crippen MR) is 85.1 cm³/mol. The zero-order chi connectivity index (χ0) is 15.8. The van der Waals surface area contributed by atoms with Gasteiger partial charge in [-0.25, -0.2) is 14.8 Å². The molecule has 0 radical (unpaired) electrons. The van der Waals surface area contributed by atoms with E-state index in [4.69, 9.17) is 0 Å². The van der Waals surface area contributed by atoms with Gasteiger partial charge in [-0.15, -0.1) is 0 Å². The second-order valence-electron chi connectivity index (χ2n) is 6.15. The van der Waals surface area contributed by atoms with Crippen molar-refractivity contribution in [3.8, 4) is 0 Å². The number of rotatable bonds is 3. The summed E-state index contributed by atoms with van der Waals surface area (Å²) in [5, 5.41) is 15.7. The number of urea groups is 1. The van der Waals surface area contributed by atoms with Crippen LogP contribution in [0.5, 0.6) is 0 Å². The quantitative estimate of drug-likeness (QED) is 0.810. The van der Waals surface area contributed by atoms with Gasteiger partial charge in [0.15, 0.2) is 0 Å². The Morgan fingerprint density at radius 3 is 2.65 bits per heavy atom. The molecule has 3 N–H and O–H groups in total. The van der Waals surface area contributed by atoms with Gasteiger partial charge in [0.25, 0.3) is 0 Å². The highest BCUT2D eigenvalue weighted by molar-refractivity contribution is 5.89. The number of aliphatic hydroxyl groups excluding tert-OH is 1. The first-order chi connectivity index (χ1) is 11.2. The fourth-order valence-electron chi connectivity index (χ4n) is 3.01. The number of carbonyl (C=O) groups is 1. The number of carbonyl (C=O) groups excluding carboxylic acids is 1. The number of fused-ring (bicyclic) bond motifs is 1. The summed E-state index contributed by atoms with van der Waals surface area (Å²) >= 11 is 0. The minimum atomic E-state index is -0.605. The summed E-state index contributed by atoms with van der Waals surface area (Å²) < 4.78 is 0. The molecule has 0 bridgehead atoms. The second kappa shape index (κ2) is 5.62. The fourth-order valence-corrected chi connectivity index (χ4v) is 3.01. The molecule has 0 aliphatic heterocycles. The molecule has 4 rings (SSSR count). The summed E-state index contributed by atoms with van der Waals surface area (Å²) in [6.45, 7) is 0. The van der Waals surface area contributed by atoms with E-state index in [1.165, 1.54) is 0 Å². The molecule has 6 heteroatoms. The van der Waals surface area contributed by atoms with Crippen LogP contribution in [-0.2, 0) is 6.42 Å². The van der Waals surface area contributed by atoms with E-state index in [0.717, 1.165) is 29.8 Å². The normalized spacial score (nSPS) is 22.5. The summed E-state index contributed by atoms with van der Waals surface area (Å²) in [6.07, 6.45) is 5.49. The summed E-state index contributed by atoms with van der Waals surface area (Å²) in [7, 11) is 0. The van der Waals surface area contributed by atoms with Gasteiger partial charge in [0, 0.05) is 12.3 Å². The van der Waals surface area contributed by atoms with Crippen molar-refractivity contribution in [2.75, 3.05) is 5.32 Å². The summed E-state index contributed by atoms with van der Waals surface area (Å²) in [5.74, 6) is 1.33. The maximum absolute atomic E-state index is 12.2. The van der Waals surface area contributed by atoms with E-state index in [1.807, 2.05) is 24.3 Å². The van der Waals surface area contributed by atoms with Gasteiger partial charge in [-0.1, -0.05) is 24.3 Å². The monoisotopic (exact) mass is 310 g/mol. The van der Waals surface area contributed by atoms with E-state index in [-0.39, 0.29) is 6.03 Å². The van der Waals surface area contributed by atoms with Crippen molar-refractivity contribution in [1.82, 2.24) is 15.3 Å². The molecule has 6 nitrogen and oxygen atoms in total. The van der Waals surface area contributed by atoms with Crippen LogP contribution in [-0.4, -0.2) is 27.2 Å². The van der Waals surface area contributed by atoms with Crippen molar-refractivity contribution >= 4 is 11.7 Å². The van der Waals surface area contributed by atoms with E-state index in [9.17, 15) is 9.90 Å². The summed E-state index contributed by atoms with van der Waals surface area (Å²) in [6, 6.07) is 7.00. The Kier molecular flexibility index (Phi) is 3.46. The molecule has 1 aromatic heterocycles. The van der Waals surface area contributed by atoms with Crippen molar-refractivity contribution in [1.29, 1.82) is 0 Å². The van der Waals surface area contributed by atoms with Gasteiger partial charge in [0.05, 0.1) is 30.2 Å². The largest absolute Gasteiger partial charge is 0.390 e. The smallest absolute Gasteiger partial charge is 0.319 e. The zero-order valence-electron chi connectivity index (χ0n) is 12.6. The van der Waals surface area contributed by atoms with Crippen molar-refractivity contribution < 1.29 is 9.90 Å². The van der Waals surface area contributed by atoms with Crippen LogP contribution >= 0.6 is 0 Å². The lowest BCUT2D eigenvalue weighted by Crippen LogP contribution is -2.36. The molecular formula is C17H18N4O2. The van der Waals surface area contributed by atoms with E-state index >= 15 is 0 Å². The first-order valence-corrected chi connectivity index (χ1v) is 7.86. The molecule has 2 atom stereocenters. The zero-order valence-corrected chi connectivity index (χ0v) is 12.6. The van der Waals surface area contributed by atoms with Gasteiger partial charge in [0.1, 0.15) is 5.82 Å². The minimum absolute atomic E-state index is 0.367. The van der Waals surface area contributed by atoms with Crippen LogP contribution in [0.15, 0.2) is 36.7 Å². The molecule has 118 valence electrons. The number of hydrogen-bond donors (Lipinski definition) is 3. The van der Waals surface area contributed by atoms with Gasteiger partial charge in [-0.2, -0.15) is 0 Å². The first-order valence-electron chi connectivity index (χ1n) is 7.86. The number of aliphatic hydroxyl groups is 1. The molecule has 2 aliphatic rings.